The van der Waals surface area contributed by atoms with E-state index in [1.54, 1.807) is 0 Å². The summed E-state index contributed by atoms with van der Waals surface area (Å²) in [5.41, 5.74) is 0. The highest BCUT2D eigenvalue weighted by Gasteiger charge is 2.24. The van der Waals surface area contributed by atoms with Crippen LogP contribution >= 0.6 is 0 Å². The molecule has 0 amide bonds. The van der Waals surface area contributed by atoms with Crippen molar-refractivity contribution in [1.29, 1.82) is 0 Å². The molecular formula is C14H25N3. The average Bonchev–Trinajstić information content (AvgIpc) is 2.70. The van der Waals surface area contributed by atoms with E-state index >= 15 is 0 Å². The third kappa shape index (κ3) is 3.09. The van der Waals surface area contributed by atoms with Crippen molar-refractivity contribution in [2.75, 3.05) is 6.54 Å². The van der Waals surface area contributed by atoms with Crippen LogP contribution in [-0.4, -0.2) is 16.1 Å². The molecule has 0 aliphatic heterocycles. The first-order chi connectivity index (χ1) is 8.35. The van der Waals surface area contributed by atoms with Gasteiger partial charge in [-0.3, -0.25) is 0 Å². The first kappa shape index (κ1) is 12.6. The zero-order valence-corrected chi connectivity index (χ0v) is 11.2. The van der Waals surface area contributed by atoms with Gasteiger partial charge in [0.05, 0.1) is 6.04 Å². The molecule has 1 atom stereocenters. The van der Waals surface area contributed by atoms with E-state index in [4.69, 9.17) is 0 Å². The highest BCUT2D eigenvalue weighted by Crippen LogP contribution is 2.34. The highest BCUT2D eigenvalue weighted by atomic mass is 15.1. The van der Waals surface area contributed by atoms with Crippen molar-refractivity contribution >= 4 is 0 Å². The normalized spacial score (nSPS) is 18.0. The van der Waals surface area contributed by atoms with E-state index in [9.17, 15) is 0 Å². The summed E-state index contributed by atoms with van der Waals surface area (Å²) in [4.78, 5) is 4.57. The first-order valence-electron chi connectivity index (χ1n) is 7.09. The van der Waals surface area contributed by atoms with Crippen LogP contribution in [0.25, 0.3) is 0 Å². The minimum absolute atomic E-state index is 0.451. The Hall–Kier alpha value is -0.830. The maximum absolute atomic E-state index is 4.57. The van der Waals surface area contributed by atoms with Gasteiger partial charge in [-0.25, -0.2) is 4.98 Å². The highest BCUT2D eigenvalue weighted by molar-refractivity contribution is 5.00. The number of aromatic nitrogens is 2. The van der Waals surface area contributed by atoms with Gasteiger partial charge in [-0.15, -0.1) is 0 Å². The molecule has 0 spiro atoms. The fourth-order valence-electron chi connectivity index (χ4n) is 2.65. The van der Waals surface area contributed by atoms with Crippen molar-refractivity contribution in [2.24, 2.45) is 5.92 Å². The molecule has 1 aromatic heterocycles. The van der Waals surface area contributed by atoms with Gasteiger partial charge < -0.3 is 9.88 Å². The van der Waals surface area contributed by atoms with Crippen molar-refractivity contribution in [3.05, 3.63) is 18.2 Å². The molecule has 3 heteroatoms. The van der Waals surface area contributed by atoms with Gasteiger partial charge in [0.15, 0.2) is 0 Å². The summed E-state index contributed by atoms with van der Waals surface area (Å²) in [7, 11) is 0. The van der Waals surface area contributed by atoms with E-state index in [1.165, 1.54) is 37.9 Å². The van der Waals surface area contributed by atoms with Crippen LogP contribution < -0.4 is 5.32 Å². The lowest BCUT2D eigenvalue weighted by molar-refractivity contribution is 0.255. The zero-order valence-electron chi connectivity index (χ0n) is 11.2. The van der Waals surface area contributed by atoms with Gasteiger partial charge in [0.1, 0.15) is 5.82 Å². The van der Waals surface area contributed by atoms with E-state index in [-0.39, 0.29) is 0 Å². The number of nitrogens with zero attached hydrogens (tertiary/aromatic N) is 2. The Balaban J connectivity index is 2.04. The van der Waals surface area contributed by atoms with Gasteiger partial charge in [0, 0.05) is 18.9 Å². The van der Waals surface area contributed by atoms with Crippen LogP contribution in [0.4, 0.5) is 0 Å². The molecule has 17 heavy (non-hydrogen) atoms. The monoisotopic (exact) mass is 235 g/mol. The Morgan fingerprint density at radius 3 is 2.88 bits per heavy atom. The summed E-state index contributed by atoms with van der Waals surface area (Å²) in [6.07, 6.45) is 10.7. The second-order valence-electron chi connectivity index (χ2n) is 5.12. The van der Waals surface area contributed by atoms with E-state index in [0.717, 1.165) is 19.0 Å². The van der Waals surface area contributed by atoms with Crippen molar-refractivity contribution in [3.63, 3.8) is 0 Å². The quantitative estimate of drug-likeness (QED) is 0.787. The third-order valence-electron chi connectivity index (χ3n) is 3.77. The lowest BCUT2D eigenvalue weighted by Gasteiger charge is -2.30. The molecule has 0 bridgehead atoms. The zero-order chi connectivity index (χ0) is 12.1. The molecule has 1 N–H and O–H groups in total. The van der Waals surface area contributed by atoms with E-state index in [2.05, 4.69) is 34.9 Å². The fraction of sp³-hybridized carbons (Fsp3) is 0.786. The number of hydrogen-bond acceptors (Lipinski definition) is 2. The number of imidazole rings is 1. The van der Waals surface area contributed by atoms with Gasteiger partial charge in [-0.1, -0.05) is 33.1 Å². The Labute approximate surface area is 105 Å². The number of aryl methyl sites for hydroxylation is 1. The Kier molecular flexibility index (Phi) is 4.60. The number of nitrogens with one attached hydrogen (secondary N) is 1. The fourth-order valence-corrected chi connectivity index (χ4v) is 2.65. The van der Waals surface area contributed by atoms with E-state index in [1.807, 2.05) is 6.20 Å². The van der Waals surface area contributed by atoms with Crippen LogP contribution in [0.2, 0.25) is 0 Å². The third-order valence-corrected chi connectivity index (χ3v) is 3.77. The van der Waals surface area contributed by atoms with E-state index in [0.29, 0.717) is 6.04 Å². The standard InChI is InChI=1S/C14H25N3/c1-3-9-17-10-8-16-14(17)13(15-4-2)11-12-6-5-7-12/h8,10,12-13,15H,3-7,9,11H2,1-2H3. The van der Waals surface area contributed by atoms with Crippen LogP contribution in [-0.2, 0) is 6.54 Å². The van der Waals surface area contributed by atoms with Crippen molar-refractivity contribution in [2.45, 2.75) is 58.5 Å². The molecule has 3 nitrogen and oxygen atoms in total. The molecule has 1 aliphatic carbocycles. The lowest BCUT2D eigenvalue weighted by atomic mass is 9.80. The minimum atomic E-state index is 0.451. The molecule has 1 unspecified atom stereocenters. The van der Waals surface area contributed by atoms with Crippen LogP contribution in [0.3, 0.4) is 0 Å². The Morgan fingerprint density at radius 1 is 1.47 bits per heavy atom. The summed E-state index contributed by atoms with van der Waals surface area (Å²) >= 11 is 0. The SMILES string of the molecule is CCCn1ccnc1C(CC1CCC1)NCC. The molecule has 0 saturated heterocycles. The van der Waals surface area contributed by atoms with Crippen molar-refractivity contribution < 1.29 is 0 Å². The van der Waals surface area contributed by atoms with E-state index < -0.39 is 0 Å². The molecule has 1 aromatic rings. The second-order valence-corrected chi connectivity index (χ2v) is 5.12. The Bertz CT molecular complexity index is 328. The second kappa shape index (κ2) is 6.20. The predicted molar refractivity (Wildman–Crippen MR) is 70.9 cm³/mol. The molecule has 1 saturated carbocycles. The van der Waals surface area contributed by atoms with Gasteiger partial charge in [0.25, 0.3) is 0 Å². The summed E-state index contributed by atoms with van der Waals surface area (Å²) < 4.78 is 2.31. The van der Waals surface area contributed by atoms with Crippen LogP contribution in [0, 0.1) is 5.92 Å². The van der Waals surface area contributed by atoms with Crippen molar-refractivity contribution in [3.8, 4) is 0 Å². The molecule has 1 heterocycles. The van der Waals surface area contributed by atoms with Gasteiger partial charge in [0.2, 0.25) is 0 Å². The summed E-state index contributed by atoms with van der Waals surface area (Å²) in [6, 6.07) is 0.451. The average molecular weight is 235 g/mol. The summed E-state index contributed by atoms with van der Waals surface area (Å²) in [6.45, 7) is 6.51. The van der Waals surface area contributed by atoms with Gasteiger partial charge >= 0.3 is 0 Å². The van der Waals surface area contributed by atoms with Crippen LogP contribution in [0.5, 0.6) is 0 Å². The minimum Gasteiger partial charge on any atom is -0.334 e. The maximum Gasteiger partial charge on any atom is 0.125 e. The molecule has 1 fully saturated rings. The molecule has 0 aromatic carbocycles. The number of hydrogen-bond donors (Lipinski definition) is 1. The predicted octanol–water partition coefficient (Wildman–Crippen LogP) is 3.13. The van der Waals surface area contributed by atoms with Gasteiger partial charge in [-0.2, -0.15) is 0 Å². The molecular weight excluding hydrogens is 210 g/mol. The molecule has 2 rings (SSSR count). The molecule has 1 aliphatic rings. The van der Waals surface area contributed by atoms with Crippen molar-refractivity contribution in [1.82, 2.24) is 14.9 Å². The first-order valence-corrected chi connectivity index (χ1v) is 7.09. The Morgan fingerprint density at radius 2 is 2.29 bits per heavy atom. The van der Waals surface area contributed by atoms with Crippen LogP contribution in [0.15, 0.2) is 12.4 Å². The van der Waals surface area contributed by atoms with Gasteiger partial charge in [-0.05, 0) is 25.3 Å². The smallest absolute Gasteiger partial charge is 0.125 e. The largest absolute Gasteiger partial charge is 0.334 e. The van der Waals surface area contributed by atoms with Crippen LogP contribution in [0.1, 0.15) is 57.8 Å². The topological polar surface area (TPSA) is 29.9 Å². The number of rotatable bonds is 7. The summed E-state index contributed by atoms with van der Waals surface area (Å²) in [5.74, 6) is 2.16. The summed E-state index contributed by atoms with van der Waals surface area (Å²) in [5, 5.41) is 3.60. The maximum atomic E-state index is 4.57. The lowest BCUT2D eigenvalue weighted by Crippen LogP contribution is -2.28. The molecule has 0 radical (unpaired) electrons. The molecule has 96 valence electrons.